The Hall–Kier alpha value is -4.84. The van der Waals surface area contributed by atoms with Crippen LogP contribution in [0.25, 0.3) is 11.1 Å². The molecule has 5 N–H and O–H groups in total. The largest absolute Gasteiger partial charge is 0.544 e. The second-order valence-electron chi connectivity index (χ2n) is 14.6. The molecule has 12 heteroatoms. The second kappa shape index (κ2) is 15.8. The van der Waals surface area contributed by atoms with Crippen LogP contribution in [0.15, 0.2) is 72.8 Å². The molecule has 4 rings (SSSR count). The number of fused-ring (bicyclic) bond motifs is 3. The van der Waals surface area contributed by atoms with E-state index in [2.05, 4.69) is 49.8 Å². The molecule has 0 aliphatic heterocycles. The van der Waals surface area contributed by atoms with Crippen LogP contribution in [0, 0.1) is 5.92 Å². The smallest absolute Gasteiger partial charge is 0.411 e. The maximum absolute atomic E-state index is 13.9. The van der Waals surface area contributed by atoms with E-state index in [0.29, 0.717) is 12.1 Å². The van der Waals surface area contributed by atoms with Gasteiger partial charge in [-0.3, -0.25) is 14.5 Å². The van der Waals surface area contributed by atoms with Gasteiger partial charge in [0.1, 0.15) is 17.8 Å². The summed E-state index contributed by atoms with van der Waals surface area (Å²) in [4.78, 5) is 53.7. The van der Waals surface area contributed by atoms with Crippen molar-refractivity contribution in [2.75, 3.05) is 18.9 Å². The summed E-state index contributed by atoms with van der Waals surface area (Å²) in [5.74, 6) is -0.546. The number of amides is 5. The van der Waals surface area contributed by atoms with E-state index in [1.807, 2.05) is 74.5 Å². The van der Waals surface area contributed by atoms with E-state index >= 15 is 0 Å². The van der Waals surface area contributed by atoms with E-state index in [0.717, 1.165) is 28.0 Å². The summed E-state index contributed by atoms with van der Waals surface area (Å²) in [5, 5.41) is 8.30. The van der Waals surface area contributed by atoms with Gasteiger partial charge in [0.2, 0.25) is 20.1 Å². The van der Waals surface area contributed by atoms with Crippen molar-refractivity contribution < 1.29 is 28.3 Å². The number of benzene rings is 3. The summed E-state index contributed by atoms with van der Waals surface area (Å²) in [6.07, 6.45) is -0.713. The molecule has 2 atom stereocenters. The molecule has 0 heterocycles. The Balaban J connectivity index is 1.48. The number of nitrogens with two attached hydrogens (primary N) is 1. The van der Waals surface area contributed by atoms with Crippen molar-refractivity contribution >= 4 is 37.9 Å². The van der Waals surface area contributed by atoms with Gasteiger partial charge in [-0.25, -0.2) is 9.59 Å². The minimum absolute atomic E-state index is 0.0285. The fourth-order valence-electron chi connectivity index (χ4n) is 5.79. The van der Waals surface area contributed by atoms with Crippen LogP contribution in [0.1, 0.15) is 64.7 Å². The summed E-state index contributed by atoms with van der Waals surface area (Å²) in [6.45, 7) is 14.7. The molecule has 0 radical (unpaired) electrons. The zero-order valence-electron chi connectivity index (χ0n) is 30.3. The quantitative estimate of drug-likeness (QED) is 0.114. The molecule has 3 aromatic carbocycles. The van der Waals surface area contributed by atoms with Crippen LogP contribution in [-0.2, 0) is 14.3 Å². The topological polar surface area (TPSA) is 152 Å². The molecule has 0 unspecified atom stereocenters. The van der Waals surface area contributed by atoms with E-state index in [1.54, 1.807) is 12.1 Å². The predicted octanol–water partition coefficient (Wildman–Crippen LogP) is 6.81. The standard InChI is InChI=1S/C38H51N5O6Si/c1-24(2)32(43(6)37(47)48-33-29-16-11-9-14-27(29)28-15-10-12-17-30(28)33)35(45)42-31(18-13-23-40-36(39)46)34(44)41-25-19-21-26(22-20-25)49-50(7,8)38(3,4)5/h9-12,14-17,19-22,24,31-33H,13,18,23H2,1-8H3,(H,41,44)(H,42,45)(H3,39,40,46)/t31-,32-/m0/s1. The number of hydrogen-bond donors (Lipinski definition) is 4. The maximum atomic E-state index is 13.9. The Morgan fingerprint density at radius 1 is 0.880 bits per heavy atom. The van der Waals surface area contributed by atoms with Gasteiger partial charge >= 0.3 is 12.1 Å². The minimum Gasteiger partial charge on any atom is -0.544 e. The Labute approximate surface area is 296 Å². The average molecular weight is 702 g/mol. The Morgan fingerprint density at radius 2 is 1.44 bits per heavy atom. The van der Waals surface area contributed by atoms with Crippen LogP contribution in [0.5, 0.6) is 5.75 Å². The van der Waals surface area contributed by atoms with Gasteiger partial charge in [-0.2, -0.15) is 0 Å². The zero-order chi connectivity index (χ0) is 36.8. The van der Waals surface area contributed by atoms with Crippen LogP contribution >= 0.6 is 0 Å². The Morgan fingerprint density at radius 3 is 1.96 bits per heavy atom. The lowest BCUT2D eigenvalue weighted by Gasteiger charge is -2.36. The molecule has 1 aliphatic rings. The molecule has 268 valence electrons. The second-order valence-corrected chi connectivity index (χ2v) is 19.3. The summed E-state index contributed by atoms with van der Waals surface area (Å²) < 4.78 is 12.4. The third-order valence-corrected chi connectivity index (χ3v) is 13.9. The van der Waals surface area contributed by atoms with E-state index < -0.39 is 50.4 Å². The van der Waals surface area contributed by atoms with Crippen LogP contribution < -0.4 is 26.1 Å². The fourth-order valence-corrected chi connectivity index (χ4v) is 6.82. The van der Waals surface area contributed by atoms with Crippen LogP contribution in [-0.4, -0.2) is 62.8 Å². The number of hydrogen-bond acceptors (Lipinski definition) is 6. The maximum Gasteiger partial charge on any atom is 0.411 e. The first kappa shape index (κ1) is 38.0. The molecular weight excluding hydrogens is 651 g/mol. The van der Waals surface area contributed by atoms with E-state index in [4.69, 9.17) is 14.9 Å². The molecule has 50 heavy (non-hydrogen) atoms. The molecule has 0 saturated carbocycles. The van der Waals surface area contributed by atoms with Crippen molar-refractivity contribution in [2.45, 2.75) is 83.8 Å². The lowest BCUT2D eigenvalue weighted by molar-refractivity contribution is -0.131. The number of primary amides is 1. The number of rotatable bonds is 13. The number of likely N-dealkylation sites (N-methyl/N-ethyl adjacent to an activating group) is 1. The lowest BCUT2D eigenvalue weighted by Crippen LogP contribution is -2.55. The molecule has 11 nitrogen and oxygen atoms in total. The van der Waals surface area contributed by atoms with Crippen molar-refractivity contribution in [3.05, 3.63) is 83.9 Å². The van der Waals surface area contributed by atoms with Gasteiger partial charge in [0.15, 0.2) is 6.10 Å². The van der Waals surface area contributed by atoms with E-state index in [1.165, 1.54) is 11.9 Å². The fraction of sp³-hybridized carbons (Fsp3) is 0.421. The number of nitrogens with zero attached hydrogens (tertiary/aromatic N) is 1. The number of ether oxygens (including phenoxy) is 1. The highest BCUT2D eigenvalue weighted by Gasteiger charge is 2.39. The first-order valence-corrected chi connectivity index (χ1v) is 20.0. The van der Waals surface area contributed by atoms with Gasteiger partial charge in [0.05, 0.1) is 0 Å². The normalized spacial score (nSPS) is 13.8. The van der Waals surface area contributed by atoms with Gasteiger partial charge in [0.25, 0.3) is 0 Å². The summed E-state index contributed by atoms with van der Waals surface area (Å²) in [5.41, 5.74) is 9.50. The van der Waals surface area contributed by atoms with Crippen molar-refractivity contribution in [2.24, 2.45) is 11.7 Å². The molecule has 0 saturated heterocycles. The highest BCUT2D eigenvalue weighted by molar-refractivity contribution is 6.74. The summed E-state index contributed by atoms with van der Waals surface area (Å²) >= 11 is 0. The van der Waals surface area contributed by atoms with E-state index in [9.17, 15) is 19.2 Å². The first-order chi connectivity index (χ1) is 23.5. The molecule has 5 amide bonds. The molecule has 0 aromatic heterocycles. The first-order valence-electron chi connectivity index (χ1n) is 17.1. The Bertz CT molecular complexity index is 1640. The minimum atomic E-state index is -2.05. The third-order valence-electron chi connectivity index (χ3n) is 9.50. The predicted molar refractivity (Wildman–Crippen MR) is 198 cm³/mol. The molecule has 3 aromatic rings. The van der Waals surface area contributed by atoms with Crippen molar-refractivity contribution in [1.29, 1.82) is 0 Å². The Kier molecular flexibility index (Phi) is 12.0. The van der Waals surface area contributed by atoms with Crippen molar-refractivity contribution in [1.82, 2.24) is 15.5 Å². The molecular formula is C38H51N5O6Si. The van der Waals surface area contributed by atoms with Crippen LogP contribution in [0.2, 0.25) is 18.1 Å². The molecule has 1 aliphatic carbocycles. The van der Waals surface area contributed by atoms with E-state index in [-0.39, 0.29) is 23.9 Å². The van der Waals surface area contributed by atoms with Gasteiger partial charge < -0.3 is 30.8 Å². The number of carbonyl (C=O) groups is 4. The third kappa shape index (κ3) is 9.03. The van der Waals surface area contributed by atoms with Crippen LogP contribution in [0.4, 0.5) is 15.3 Å². The average Bonchev–Trinajstić information content (AvgIpc) is 3.35. The molecule has 0 bridgehead atoms. The van der Waals surface area contributed by atoms with Crippen LogP contribution in [0.3, 0.4) is 0 Å². The number of urea groups is 1. The summed E-state index contributed by atoms with van der Waals surface area (Å²) in [7, 11) is -0.522. The summed E-state index contributed by atoms with van der Waals surface area (Å²) in [6, 6.07) is 20.1. The monoisotopic (exact) mass is 701 g/mol. The van der Waals surface area contributed by atoms with Gasteiger partial charge in [-0.1, -0.05) is 83.1 Å². The van der Waals surface area contributed by atoms with Crippen molar-refractivity contribution in [3.8, 4) is 16.9 Å². The van der Waals surface area contributed by atoms with Crippen molar-refractivity contribution in [3.63, 3.8) is 0 Å². The van der Waals surface area contributed by atoms with Gasteiger partial charge in [-0.05, 0) is 72.3 Å². The lowest BCUT2D eigenvalue weighted by atomic mass is 10.0. The molecule has 0 spiro atoms. The highest BCUT2D eigenvalue weighted by Crippen LogP contribution is 2.45. The number of anilines is 1. The molecule has 0 fully saturated rings. The zero-order valence-corrected chi connectivity index (χ0v) is 31.3. The van der Waals surface area contributed by atoms with Gasteiger partial charge in [0, 0.05) is 30.4 Å². The SMILES string of the molecule is CC(C)[C@@H](C(=O)N[C@@H](CCCNC(N)=O)C(=O)Nc1ccc(O[Si](C)(C)C(C)(C)C)cc1)N(C)C(=O)OC1c2ccccc2-c2ccccc21. The number of nitrogens with one attached hydrogen (secondary N) is 3. The number of carbonyl (C=O) groups excluding carboxylic acids is 4. The highest BCUT2D eigenvalue weighted by atomic mass is 28.4. The van der Waals surface area contributed by atoms with Gasteiger partial charge in [-0.15, -0.1) is 0 Å².